The molecule has 0 heterocycles. The van der Waals surface area contributed by atoms with Crippen molar-refractivity contribution in [1.29, 1.82) is 0 Å². The Morgan fingerprint density at radius 3 is 2.47 bits per heavy atom. The fraction of sp³-hybridized carbons (Fsp3) is 0.286. The van der Waals surface area contributed by atoms with Crippen molar-refractivity contribution in [2.45, 2.75) is 18.5 Å². The van der Waals surface area contributed by atoms with Crippen molar-refractivity contribution < 1.29 is 14.7 Å². The van der Waals surface area contributed by atoms with Gasteiger partial charge in [0, 0.05) is 6.04 Å². The molecule has 0 aromatic heterocycles. The molecule has 1 aliphatic carbocycles. The second kappa shape index (κ2) is 5.67. The number of rotatable bonds is 4. The van der Waals surface area contributed by atoms with Gasteiger partial charge in [-0.15, -0.1) is 0 Å². The van der Waals surface area contributed by atoms with Gasteiger partial charge in [0.2, 0.25) is 5.91 Å². The second-order valence-corrected chi connectivity index (χ2v) is 4.58. The molecule has 1 aromatic carbocycles. The molecule has 5 nitrogen and oxygen atoms in total. The fourth-order valence-corrected chi connectivity index (χ4v) is 2.10. The number of nitrogens with two attached hydrogens (primary N) is 1. The number of amides is 1. The average Bonchev–Trinajstić information content (AvgIpc) is 2.83. The third-order valence-corrected chi connectivity index (χ3v) is 3.12. The number of carboxylic acids is 1. The van der Waals surface area contributed by atoms with Gasteiger partial charge in [-0.25, -0.2) is 4.79 Å². The summed E-state index contributed by atoms with van der Waals surface area (Å²) in [4.78, 5) is 23.3. The van der Waals surface area contributed by atoms with Gasteiger partial charge in [-0.2, -0.15) is 0 Å². The second-order valence-electron chi connectivity index (χ2n) is 4.58. The first-order valence-electron chi connectivity index (χ1n) is 6.10. The highest BCUT2D eigenvalue weighted by Crippen LogP contribution is 2.19. The van der Waals surface area contributed by atoms with Crippen LogP contribution in [0.5, 0.6) is 0 Å². The number of aliphatic carboxylic acids is 1. The number of benzene rings is 1. The quantitative estimate of drug-likeness (QED) is 0.699. The SMILES string of the molecule is NC1C=CC(C(=O)N[C@H](C(=O)O)c2ccccc2)C1. The van der Waals surface area contributed by atoms with Crippen molar-refractivity contribution in [1.82, 2.24) is 5.32 Å². The number of nitrogens with one attached hydrogen (secondary N) is 1. The molecule has 0 fully saturated rings. The van der Waals surface area contributed by atoms with Crippen LogP contribution in [0.15, 0.2) is 42.5 Å². The summed E-state index contributed by atoms with van der Waals surface area (Å²) in [5, 5.41) is 11.8. The van der Waals surface area contributed by atoms with Gasteiger partial charge >= 0.3 is 5.97 Å². The predicted molar refractivity (Wildman–Crippen MR) is 70.2 cm³/mol. The van der Waals surface area contributed by atoms with Crippen molar-refractivity contribution >= 4 is 11.9 Å². The van der Waals surface area contributed by atoms with Gasteiger partial charge < -0.3 is 16.2 Å². The summed E-state index contributed by atoms with van der Waals surface area (Å²) in [6.07, 6.45) is 4.01. The number of hydrogen-bond donors (Lipinski definition) is 3. The smallest absolute Gasteiger partial charge is 0.330 e. The molecule has 1 aliphatic rings. The summed E-state index contributed by atoms with van der Waals surface area (Å²) in [6, 6.07) is 7.47. The lowest BCUT2D eigenvalue weighted by Crippen LogP contribution is -2.37. The predicted octanol–water partition coefficient (Wildman–Crippen LogP) is 0.832. The Hall–Kier alpha value is -2.14. The van der Waals surface area contributed by atoms with Gasteiger partial charge in [-0.05, 0) is 12.0 Å². The van der Waals surface area contributed by atoms with Crippen LogP contribution in [0.2, 0.25) is 0 Å². The number of carboxylic acid groups (broad SMARTS) is 1. The van der Waals surface area contributed by atoms with E-state index in [9.17, 15) is 14.7 Å². The molecule has 0 spiro atoms. The maximum absolute atomic E-state index is 12.0. The maximum Gasteiger partial charge on any atom is 0.330 e. The highest BCUT2D eigenvalue weighted by Gasteiger charge is 2.28. The molecule has 0 radical (unpaired) electrons. The first kappa shape index (κ1) is 13.3. The summed E-state index contributed by atoms with van der Waals surface area (Å²) >= 11 is 0. The van der Waals surface area contributed by atoms with E-state index in [1.807, 2.05) is 0 Å². The Morgan fingerprint density at radius 1 is 1.26 bits per heavy atom. The van der Waals surface area contributed by atoms with Crippen molar-refractivity contribution in [3.8, 4) is 0 Å². The van der Waals surface area contributed by atoms with Crippen LogP contribution in [0.4, 0.5) is 0 Å². The highest BCUT2D eigenvalue weighted by molar-refractivity contribution is 5.87. The van der Waals surface area contributed by atoms with Gasteiger partial charge in [0.25, 0.3) is 0 Å². The van der Waals surface area contributed by atoms with E-state index in [0.717, 1.165) is 0 Å². The Balaban J connectivity index is 2.08. The van der Waals surface area contributed by atoms with Gasteiger partial charge in [0.05, 0.1) is 5.92 Å². The Bertz CT molecular complexity index is 499. The van der Waals surface area contributed by atoms with Crippen molar-refractivity contribution in [3.05, 3.63) is 48.0 Å². The lowest BCUT2D eigenvalue weighted by molar-refractivity contribution is -0.142. The molecule has 2 rings (SSSR count). The van der Waals surface area contributed by atoms with Gasteiger partial charge in [-0.3, -0.25) is 4.79 Å². The Labute approximate surface area is 111 Å². The van der Waals surface area contributed by atoms with Gasteiger partial charge in [0.1, 0.15) is 0 Å². The van der Waals surface area contributed by atoms with Crippen molar-refractivity contribution in [2.24, 2.45) is 11.7 Å². The Kier molecular flexibility index (Phi) is 3.97. The van der Waals surface area contributed by atoms with E-state index in [0.29, 0.717) is 12.0 Å². The monoisotopic (exact) mass is 260 g/mol. The zero-order valence-corrected chi connectivity index (χ0v) is 10.3. The van der Waals surface area contributed by atoms with Gasteiger partial charge in [-0.1, -0.05) is 42.5 Å². The third kappa shape index (κ3) is 3.20. The fourth-order valence-electron chi connectivity index (χ4n) is 2.10. The minimum atomic E-state index is -1.08. The van der Waals surface area contributed by atoms with Crippen LogP contribution in [0.1, 0.15) is 18.0 Å². The normalized spacial score (nSPS) is 23.0. The van der Waals surface area contributed by atoms with E-state index >= 15 is 0 Å². The molecule has 1 amide bonds. The highest BCUT2D eigenvalue weighted by atomic mass is 16.4. The topological polar surface area (TPSA) is 92.4 Å². The third-order valence-electron chi connectivity index (χ3n) is 3.12. The summed E-state index contributed by atoms with van der Waals surface area (Å²) in [5.74, 6) is -1.73. The maximum atomic E-state index is 12.0. The number of hydrogen-bond acceptors (Lipinski definition) is 3. The standard InChI is InChI=1S/C14H16N2O3/c15-11-7-6-10(8-11)13(17)16-12(14(18)19)9-4-2-1-3-5-9/h1-7,10-12H,8,15H2,(H,16,17)(H,18,19)/t10?,11?,12-/m0/s1. The zero-order chi connectivity index (χ0) is 13.8. The molecule has 0 saturated carbocycles. The summed E-state index contributed by atoms with van der Waals surface area (Å²) in [6.45, 7) is 0. The van der Waals surface area contributed by atoms with Crippen LogP contribution in [0.3, 0.4) is 0 Å². The lowest BCUT2D eigenvalue weighted by Gasteiger charge is -2.17. The van der Waals surface area contributed by atoms with E-state index in [-0.39, 0.29) is 17.9 Å². The lowest BCUT2D eigenvalue weighted by atomic mass is 10.0. The van der Waals surface area contributed by atoms with Crippen LogP contribution < -0.4 is 11.1 Å². The summed E-state index contributed by atoms with van der Waals surface area (Å²) < 4.78 is 0. The molecule has 4 N–H and O–H groups in total. The van der Waals surface area contributed by atoms with Crippen LogP contribution in [0.25, 0.3) is 0 Å². The molecule has 100 valence electrons. The molecule has 0 aliphatic heterocycles. The molecular formula is C14H16N2O3. The minimum Gasteiger partial charge on any atom is -0.479 e. The summed E-state index contributed by atoms with van der Waals surface area (Å²) in [7, 11) is 0. The van der Waals surface area contributed by atoms with E-state index in [2.05, 4.69) is 5.32 Å². The average molecular weight is 260 g/mol. The Morgan fingerprint density at radius 2 is 1.95 bits per heavy atom. The van der Waals surface area contributed by atoms with Crippen LogP contribution in [-0.2, 0) is 9.59 Å². The molecule has 1 aromatic rings. The molecule has 0 bridgehead atoms. The molecule has 3 atom stereocenters. The summed E-state index contributed by atoms with van der Waals surface area (Å²) in [5.41, 5.74) is 6.23. The van der Waals surface area contributed by atoms with Crippen LogP contribution in [-0.4, -0.2) is 23.0 Å². The van der Waals surface area contributed by atoms with E-state index in [1.54, 1.807) is 42.5 Å². The van der Waals surface area contributed by atoms with Crippen molar-refractivity contribution in [2.75, 3.05) is 0 Å². The zero-order valence-electron chi connectivity index (χ0n) is 10.3. The van der Waals surface area contributed by atoms with Crippen LogP contribution >= 0.6 is 0 Å². The minimum absolute atomic E-state index is 0.129. The largest absolute Gasteiger partial charge is 0.479 e. The molecule has 5 heteroatoms. The first-order chi connectivity index (χ1) is 9.08. The van der Waals surface area contributed by atoms with E-state index < -0.39 is 12.0 Å². The number of carbonyl (C=O) groups is 2. The van der Waals surface area contributed by atoms with Gasteiger partial charge in [0.15, 0.2) is 6.04 Å². The molecule has 19 heavy (non-hydrogen) atoms. The molecule has 2 unspecified atom stereocenters. The number of carbonyl (C=O) groups excluding carboxylic acids is 1. The van der Waals surface area contributed by atoms with Crippen molar-refractivity contribution in [3.63, 3.8) is 0 Å². The molecule has 0 saturated heterocycles. The van der Waals surface area contributed by atoms with Crippen LogP contribution in [0, 0.1) is 5.92 Å². The first-order valence-corrected chi connectivity index (χ1v) is 6.10. The van der Waals surface area contributed by atoms with E-state index in [1.165, 1.54) is 0 Å². The van der Waals surface area contributed by atoms with E-state index in [4.69, 9.17) is 5.73 Å². The molecular weight excluding hydrogens is 244 g/mol.